The van der Waals surface area contributed by atoms with Gasteiger partial charge in [-0.25, -0.2) is 0 Å². The van der Waals surface area contributed by atoms with Crippen molar-refractivity contribution in [3.63, 3.8) is 0 Å². The molecule has 0 aromatic heterocycles. The lowest BCUT2D eigenvalue weighted by molar-refractivity contribution is -0.892. The van der Waals surface area contributed by atoms with Gasteiger partial charge in [-0.2, -0.15) is 0 Å². The van der Waals surface area contributed by atoms with Gasteiger partial charge in [0.1, 0.15) is 5.75 Å². The van der Waals surface area contributed by atoms with Crippen molar-refractivity contribution in [2.75, 3.05) is 34.8 Å². The van der Waals surface area contributed by atoms with E-state index in [0.717, 1.165) is 29.0 Å². The van der Waals surface area contributed by atoms with Gasteiger partial charge in [0.15, 0.2) is 6.04 Å². The summed E-state index contributed by atoms with van der Waals surface area (Å²) in [7, 11) is 7.70. The largest absolute Gasteiger partial charge is 0.497 e. The monoisotopic (exact) mass is 309 g/mol. The first-order valence-corrected chi connectivity index (χ1v) is 8.30. The zero-order valence-corrected chi connectivity index (χ0v) is 14.1. The van der Waals surface area contributed by atoms with Crippen molar-refractivity contribution >= 4 is 17.7 Å². The van der Waals surface area contributed by atoms with Crippen molar-refractivity contribution in [1.29, 1.82) is 0 Å². The summed E-state index contributed by atoms with van der Waals surface area (Å²) >= 11 is 1.95. The van der Waals surface area contributed by atoms with Gasteiger partial charge in [0.25, 0.3) is 5.91 Å². The quantitative estimate of drug-likeness (QED) is 0.844. The minimum atomic E-state index is 0.0726. The second-order valence-corrected chi connectivity index (χ2v) is 7.40. The molecule has 0 radical (unpaired) electrons. The van der Waals surface area contributed by atoms with E-state index in [-0.39, 0.29) is 11.9 Å². The first kappa shape index (κ1) is 16.2. The Morgan fingerprint density at radius 2 is 2.05 bits per heavy atom. The van der Waals surface area contributed by atoms with Gasteiger partial charge in [-0.15, -0.1) is 11.8 Å². The molecular weight excluding hydrogens is 284 g/mol. The molecule has 4 nitrogen and oxygen atoms in total. The molecule has 0 aliphatic carbocycles. The molecule has 2 rings (SSSR count). The van der Waals surface area contributed by atoms with Crippen LogP contribution in [0.3, 0.4) is 0 Å². The smallest absolute Gasteiger partial charge is 0.278 e. The minimum Gasteiger partial charge on any atom is -0.497 e. The average molecular weight is 309 g/mol. The van der Waals surface area contributed by atoms with Gasteiger partial charge in [-0.05, 0) is 17.7 Å². The van der Waals surface area contributed by atoms with Crippen LogP contribution in [0.1, 0.15) is 12.0 Å². The highest BCUT2D eigenvalue weighted by atomic mass is 32.2. The van der Waals surface area contributed by atoms with Crippen LogP contribution in [0.15, 0.2) is 24.3 Å². The van der Waals surface area contributed by atoms with Crippen LogP contribution >= 0.6 is 11.8 Å². The molecule has 21 heavy (non-hydrogen) atoms. The van der Waals surface area contributed by atoms with Crippen molar-refractivity contribution in [1.82, 2.24) is 5.32 Å². The van der Waals surface area contributed by atoms with Crippen molar-refractivity contribution in [3.8, 4) is 5.75 Å². The highest BCUT2D eigenvalue weighted by Gasteiger charge is 2.44. The molecule has 0 unspecified atom stereocenters. The van der Waals surface area contributed by atoms with Crippen LogP contribution in [0.4, 0.5) is 0 Å². The number of nitrogens with one attached hydrogen (secondary N) is 1. The molecule has 0 bridgehead atoms. The Balaban J connectivity index is 1.90. The lowest BCUT2D eigenvalue weighted by Gasteiger charge is -2.30. The molecule has 1 aromatic rings. The number of benzene rings is 1. The summed E-state index contributed by atoms with van der Waals surface area (Å²) in [5.74, 6) is 2.03. The van der Waals surface area contributed by atoms with Crippen LogP contribution < -0.4 is 10.1 Å². The Labute approximate surface area is 131 Å². The number of likely N-dealkylation sites (N-methyl/N-ethyl adjacent to an activating group) is 2. The summed E-state index contributed by atoms with van der Waals surface area (Å²) in [6.07, 6.45) is 0.952. The fourth-order valence-corrected chi connectivity index (χ4v) is 4.34. The van der Waals surface area contributed by atoms with Crippen molar-refractivity contribution in [2.45, 2.75) is 23.5 Å². The number of nitrogens with zero attached hydrogens (tertiary/aromatic N) is 1. The SMILES string of the molecule is CNC(=O)[C@@H]1C[C@H](SCc2ccc(OC)cc2)C[N+]1(C)C. The molecule has 1 aliphatic heterocycles. The van der Waals surface area contributed by atoms with Crippen molar-refractivity contribution in [3.05, 3.63) is 29.8 Å². The van der Waals surface area contributed by atoms with Crippen LogP contribution in [0.2, 0.25) is 0 Å². The lowest BCUT2D eigenvalue weighted by Crippen LogP contribution is -2.51. The van der Waals surface area contributed by atoms with Crippen LogP contribution in [-0.2, 0) is 10.5 Å². The van der Waals surface area contributed by atoms with E-state index in [2.05, 4.69) is 31.5 Å². The number of amides is 1. The minimum absolute atomic E-state index is 0.0726. The third-order valence-corrected chi connectivity index (χ3v) is 5.51. The third kappa shape index (κ3) is 3.92. The highest BCUT2D eigenvalue weighted by molar-refractivity contribution is 7.99. The van der Waals surface area contributed by atoms with E-state index in [9.17, 15) is 4.79 Å². The normalized spacial score (nSPS) is 23.8. The van der Waals surface area contributed by atoms with Crippen LogP contribution in [0.5, 0.6) is 5.75 Å². The Kier molecular flexibility index (Phi) is 5.17. The maximum absolute atomic E-state index is 12.0. The molecule has 1 N–H and O–H groups in total. The maximum Gasteiger partial charge on any atom is 0.278 e. The number of rotatable bonds is 5. The summed E-state index contributed by atoms with van der Waals surface area (Å²) in [5.41, 5.74) is 1.30. The van der Waals surface area contributed by atoms with Gasteiger partial charge in [0.05, 0.1) is 33.0 Å². The average Bonchev–Trinajstić information content (AvgIpc) is 2.79. The second-order valence-electron chi connectivity index (χ2n) is 6.11. The molecule has 2 atom stereocenters. The number of hydrogen-bond acceptors (Lipinski definition) is 3. The van der Waals surface area contributed by atoms with Gasteiger partial charge >= 0.3 is 0 Å². The van der Waals surface area contributed by atoms with Crippen LogP contribution in [-0.4, -0.2) is 56.5 Å². The Morgan fingerprint density at radius 1 is 1.38 bits per heavy atom. The number of quaternary nitrogens is 1. The molecule has 116 valence electrons. The second kappa shape index (κ2) is 6.71. The van der Waals surface area contributed by atoms with Gasteiger partial charge in [-0.1, -0.05) is 12.1 Å². The summed E-state index contributed by atoms with van der Waals surface area (Å²) in [4.78, 5) is 12.0. The zero-order chi connectivity index (χ0) is 15.5. The molecule has 5 heteroatoms. The predicted molar refractivity (Wildman–Crippen MR) is 87.5 cm³/mol. The standard InChI is InChI=1S/C16H24N2O2S/c1-17-16(19)15-9-14(10-18(15,2)3)21-11-12-5-7-13(20-4)8-6-12/h5-8,14-15H,9-11H2,1-4H3/p+1/t14-,15-/m0/s1. The van der Waals surface area contributed by atoms with E-state index < -0.39 is 0 Å². The number of ether oxygens (including phenoxy) is 1. The van der Waals surface area contributed by atoms with Crippen LogP contribution in [0, 0.1) is 0 Å². The molecule has 1 aromatic carbocycles. The zero-order valence-electron chi connectivity index (χ0n) is 13.3. The number of likely N-dealkylation sites (tertiary alicyclic amines) is 1. The maximum atomic E-state index is 12.0. The Hall–Kier alpha value is -1.20. The van der Waals surface area contributed by atoms with E-state index in [1.807, 2.05) is 23.9 Å². The summed E-state index contributed by atoms with van der Waals surface area (Å²) in [6, 6.07) is 8.28. The fraction of sp³-hybridized carbons (Fsp3) is 0.562. The Bertz CT molecular complexity index is 488. The topological polar surface area (TPSA) is 38.3 Å². The number of carbonyl (C=O) groups excluding carboxylic acids is 1. The Morgan fingerprint density at radius 3 is 2.62 bits per heavy atom. The predicted octanol–water partition coefficient (Wildman–Crippen LogP) is 1.89. The summed E-state index contributed by atoms with van der Waals surface area (Å²) in [6.45, 7) is 1.04. The molecule has 1 heterocycles. The first-order chi connectivity index (χ1) is 9.96. The highest BCUT2D eigenvalue weighted by Crippen LogP contribution is 2.33. The number of carbonyl (C=O) groups is 1. The van der Waals surface area contributed by atoms with E-state index in [1.165, 1.54) is 5.56 Å². The molecule has 1 amide bonds. The lowest BCUT2D eigenvalue weighted by atomic mass is 10.2. The van der Waals surface area contributed by atoms with Gasteiger partial charge in [0.2, 0.25) is 0 Å². The van der Waals surface area contributed by atoms with Gasteiger partial charge in [0, 0.05) is 19.2 Å². The molecule has 1 fully saturated rings. The fourth-order valence-electron chi connectivity index (χ4n) is 2.91. The number of hydrogen-bond donors (Lipinski definition) is 1. The molecule has 1 saturated heterocycles. The molecular formula is C16H25N2O2S+. The summed E-state index contributed by atoms with van der Waals surface area (Å²) in [5, 5.41) is 3.32. The van der Waals surface area contributed by atoms with E-state index in [4.69, 9.17) is 4.74 Å². The number of thioether (sulfide) groups is 1. The van der Waals surface area contributed by atoms with Crippen LogP contribution in [0.25, 0.3) is 0 Å². The third-order valence-electron chi connectivity index (χ3n) is 4.20. The molecule has 0 spiro atoms. The van der Waals surface area contributed by atoms with E-state index >= 15 is 0 Å². The van der Waals surface area contributed by atoms with E-state index in [1.54, 1.807) is 14.2 Å². The van der Waals surface area contributed by atoms with Gasteiger partial charge in [-0.3, -0.25) is 4.79 Å². The molecule has 0 saturated carbocycles. The van der Waals surface area contributed by atoms with Gasteiger partial charge < -0.3 is 14.5 Å². The number of methoxy groups -OCH3 is 1. The van der Waals surface area contributed by atoms with Crippen molar-refractivity contribution < 1.29 is 14.0 Å². The summed E-state index contributed by atoms with van der Waals surface area (Å²) < 4.78 is 5.95. The van der Waals surface area contributed by atoms with Crippen molar-refractivity contribution in [2.24, 2.45) is 0 Å². The molecule has 1 aliphatic rings. The van der Waals surface area contributed by atoms with E-state index in [0.29, 0.717) is 5.25 Å². The first-order valence-electron chi connectivity index (χ1n) is 7.25.